The molecule has 25 heteroatoms. The van der Waals surface area contributed by atoms with Crippen LogP contribution in [0.15, 0.2) is 137 Å². The van der Waals surface area contributed by atoms with Gasteiger partial charge in [-0.2, -0.15) is 15.3 Å². The SMILES string of the molecule is CC1=NN(c2ccc(OC3CCN(c4cc(O)ccc4F)CC3)cc2)C(CC(=O)O)C1C.CCC1C(C)=NN(c2ccc(OC3CCN(c4cc(OC)ccc4F)CC3)cc2)C1CC(=O)O.[2H]C([2H])([2H])Oc1cc(N2CCC(Oc3ccc(N4N=C(C)C(C)C4CC(=O)O)cc3)C(C)C2)c(Cl)cn1. The fourth-order valence-electron chi connectivity index (χ4n) is 13.9. The smallest absolute Gasteiger partial charge is 0.305 e. The van der Waals surface area contributed by atoms with Crippen LogP contribution >= 0.6 is 11.6 Å². The first-order valence-corrected chi connectivity index (χ1v) is 34.4. The van der Waals surface area contributed by atoms with E-state index < -0.39 is 24.9 Å². The van der Waals surface area contributed by atoms with E-state index in [1.54, 1.807) is 35.3 Å². The molecule has 7 heterocycles. The minimum absolute atomic E-state index is 0.00281. The summed E-state index contributed by atoms with van der Waals surface area (Å²) in [5.74, 6) is 0.253. The predicted octanol–water partition coefficient (Wildman–Crippen LogP) is 13.9. The number of hydrogen-bond acceptors (Lipinski definition) is 19. The van der Waals surface area contributed by atoms with Crippen LogP contribution in [-0.2, 0) is 14.4 Å². The van der Waals surface area contributed by atoms with Gasteiger partial charge in [0, 0.05) is 130 Å². The lowest BCUT2D eigenvalue weighted by molar-refractivity contribution is -0.138. The number of aromatic nitrogens is 1. The lowest BCUT2D eigenvalue weighted by Gasteiger charge is -2.38. The third-order valence-corrected chi connectivity index (χ3v) is 20.0. The Morgan fingerprint density at radius 3 is 1.44 bits per heavy atom. The van der Waals surface area contributed by atoms with Crippen LogP contribution in [0.5, 0.6) is 34.6 Å². The van der Waals surface area contributed by atoms with E-state index in [0.717, 1.165) is 90.0 Å². The number of piperidine rings is 3. The Hall–Kier alpha value is -9.58. The van der Waals surface area contributed by atoms with E-state index >= 15 is 0 Å². The molecule has 0 saturated carbocycles. The van der Waals surface area contributed by atoms with Crippen LogP contribution in [0.2, 0.25) is 5.02 Å². The molecule has 12 rings (SSSR count). The van der Waals surface area contributed by atoms with Gasteiger partial charge in [0.1, 0.15) is 58.7 Å². The summed E-state index contributed by atoms with van der Waals surface area (Å²) in [5.41, 5.74) is 6.98. The third-order valence-electron chi connectivity index (χ3n) is 19.7. The molecule has 534 valence electrons. The molecule has 8 unspecified atom stereocenters. The second-order valence-electron chi connectivity index (χ2n) is 26.3. The standard InChI is InChI=1S/C26H32FN3O4.C25H31ClN4O4.C24H28FN3O4/c1-4-22-17(2)28-30(24(22)16-26(31)32)18-5-7-19(8-6-18)34-20-11-13-29(14-12-20)25-15-21(33-3)9-10-23(25)27;1-15-14-29(22-11-24(33-4)27-13-20(22)26)10-9-23(15)34-19-7-5-18(6-8-19)30-21(12-25(31)32)16(2)17(3)28-30;1-15-16(2)26-28(22(15)14-24(30)31)17-3-6-19(7-4-17)32-20-9-11-27(12-10-20)23-13-18(29)5-8-21(23)25/h5-10,15,20,22,24H,4,11-14,16H2,1-3H3,(H,31,32);5-8,11,13,15-16,21,23H,9-10,12,14H2,1-4H3,(H,31,32);3-8,13,15,20,22,29H,9-12,14H2,1-2H3,(H,30,31)/i;4D3;. The van der Waals surface area contributed by atoms with Crippen molar-refractivity contribution < 1.29 is 71.4 Å². The molecule has 6 aliphatic rings. The molecular formula is C75H91ClF2N10O12. The molecule has 4 N–H and O–H groups in total. The fourth-order valence-corrected chi connectivity index (χ4v) is 14.1. The number of rotatable bonds is 21. The summed E-state index contributed by atoms with van der Waals surface area (Å²) < 4.78 is 79.1. The molecule has 1 aromatic heterocycles. The molecule has 5 aromatic carbocycles. The minimum Gasteiger partial charge on any atom is -0.508 e. The molecule has 100 heavy (non-hydrogen) atoms. The van der Waals surface area contributed by atoms with Crippen molar-refractivity contribution in [3.05, 3.63) is 138 Å². The lowest BCUT2D eigenvalue weighted by Crippen LogP contribution is -2.44. The molecular weight excluding hydrogens is 1310 g/mol. The van der Waals surface area contributed by atoms with Gasteiger partial charge in [0.05, 0.1) is 101 Å². The van der Waals surface area contributed by atoms with Crippen LogP contribution in [-0.4, -0.2) is 150 Å². The Kier molecular flexibility index (Phi) is 22.8. The minimum atomic E-state index is -2.59. The number of hydrazone groups is 3. The van der Waals surface area contributed by atoms with Crippen molar-refractivity contribution in [2.45, 2.75) is 143 Å². The van der Waals surface area contributed by atoms with Crippen molar-refractivity contribution in [1.29, 1.82) is 0 Å². The first-order chi connectivity index (χ1) is 49.1. The number of carbonyl (C=O) groups is 3. The quantitative estimate of drug-likeness (QED) is 0.0523. The van der Waals surface area contributed by atoms with Crippen molar-refractivity contribution in [2.24, 2.45) is 39.0 Å². The van der Waals surface area contributed by atoms with Gasteiger partial charge in [-0.05, 0) is 124 Å². The zero-order chi connectivity index (χ0) is 74.0. The van der Waals surface area contributed by atoms with E-state index in [1.165, 1.54) is 30.5 Å². The van der Waals surface area contributed by atoms with Crippen LogP contribution in [0.3, 0.4) is 0 Å². The topological polar surface area (TPSA) is 248 Å². The van der Waals surface area contributed by atoms with Gasteiger partial charge in [0.2, 0.25) is 5.88 Å². The van der Waals surface area contributed by atoms with E-state index in [9.17, 15) is 43.6 Å². The number of halogens is 3. The van der Waals surface area contributed by atoms with E-state index in [-0.39, 0.29) is 103 Å². The van der Waals surface area contributed by atoms with Gasteiger partial charge >= 0.3 is 17.9 Å². The number of nitrogens with zero attached hydrogens (tertiary/aromatic N) is 10. The molecule has 6 aromatic rings. The Balaban J connectivity index is 0.000000166. The van der Waals surface area contributed by atoms with E-state index in [0.29, 0.717) is 67.1 Å². The predicted molar refractivity (Wildman–Crippen MR) is 385 cm³/mol. The zero-order valence-corrected chi connectivity index (χ0v) is 58.3. The summed E-state index contributed by atoms with van der Waals surface area (Å²) in [6.45, 7) is 18.0. The van der Waals surface area contributed by atoms with Crippen molar-refractivity contribution >= 4 is 80.8 Å². The van der Waals surface area contributed by atoms with E-state index in [2.05, 4.69) is 39.0 Å². The maximum Gasteiger partial charge on any atom is 0.305 e. The number of aliphatic carboxylic acids is 3. The molecule has 6 aliphatic heterocycles. The van der Waals surface area contributed by atoms with Crippen LogP contribution in [0.1, 0.15) is 110 Å². The summed E-state index contributed by atoms with van der Waals surface area (Å²) in [6.07, 6.45) is 6.18. The maximum absolute atomic E-state index is 14.3. The number of aromatic hydroxyl groups is 1. The van der Waals surface area contributed by atoms with Crippen molar-refractivity contribution in [2.75, 3.05) is 83.1 Å². The molecule has 8 atom stereocenters. The van der Waals surface area contributed by atoms with Gasteiger partial charge in [-0.3, -0.25) is 29.4 Å². The molecule has 0 radical (unpaired) electrons. The summed E-state index contributed by atoms with van der Waals surface area (Å²) in [4.78, 5) is 44.0. The number of carboxylic acid groups (broad SMARTS) is 3. The Morgan fingerprint density at radius 1 is 0.550 bits per heavy atom. The highest BCUT2D eigenvalue weighted by Gasteiger charge is 2.39. The van der Waals surface area contributed by atoms with Gasteiger partial charge in [-0.1, -0.05) is 39.3 Å². The van der Waals surface area contributed by atoms with Gasteiger partial charge < -0.3 is 58.8 Å². The Labute approximate surface area is 592 Å². The van der Waals surface area contributed by atoms with Crippen molar-refractivity contribution in [3.63, 3.8) is 0 Å². The number of pyridine rings is 1. The molecule has 3 saturated heterocycles. The monoisotopic (exact) mass is 1400 g/mol. The largest absolute Gasteiger partial charge is 0.508 e. The summed E-state index contributed by atoms with van der Waals surface area (Å²) >= 11 is 6.36. The highest BCUT2D eigenvalue weighted by molar-refractivity contribution is 6.33. The second kappa shape index (κ2) is 33.1. The Morgan fingerprint density at radius 2 is 0.980 bits per heavy atom. The summed E-state index contributed by atoms with van der Waals surface area (Å²) in [5, 5.41) is 57.2. The van der Waals surface area contributed by atoms with Crippen LogP contribution in [0.25, 0.3) is 0 Å². The van der Waals surface area contributed by atoms with Crippen LogP contribution in [0, 0.1) is 35.3 Å². The number of ether oxygens (including phenoxy) is 5. The van der Waals surface area contributed by atoms with Crippen molar-refractivity contribution in [1.82, 2.24) is 4.98 Å². The van der Waals surface area contributed by atoms with Crippen molar-refractivity contribution in [3.8, 4) is 34.6 Å². The van der Waals surface area contributed by atoms with Gasteiger partial charge in [0.15, 0.2) is 0 Å². The zero-order valence-electron chi connectivity index (χ0n) is 60.6. The number of hydrogen-bond donors (Lipinski definition) is 4. The highest BCUT2D eigenvalue weighted by atomic mass is 35.5. The average molecular weight is 1400 g/mol. The first kappa shape index (κ1) is 68.9. The highest BCUT2D eigenvalue weighted by Crippen LogP contribution is 2.39. The maximum atomic E-state index is 14.3. The number of anilines is 6. The number of phenols is 1. The van der Waals surface area contributed by atoms with Gasteiger partial charge in [0.25, 0.3) is 0 Å². The van der Waals surface area contributed by atoms with Crippen LogP contribution < -0.4 is 53.4 Å². The molecule has 0 amide bonds. The lowest BCUT2D eigenvalue weighted by atomic mass is 9.91. The van der Waals surface area contributed by atoms with E-state index in [1.807, 2.05) is 122 Å². The second-order valence-corrected chi connectivity index (χ2v) is 26.7. The first-order valence-electron chi connectivity index (χ1n) is 35.5. The summed E-state index contributed by atoms with van der Waals surface area (Å²) in [7, 11) is -1.01. The van der Waals surface area contributed by atoms with Crippen LogP contribution in [0.4, 0.5) is 42.9 Å². The Bertz CT molecular complexity index is 4020. The number of benzene rings is 5. The summed E-state index contributed by atoms with van der Waals surface area (Å²) in [6, 6.07) is 32.6. The molecule has 3 fully saturated rings. The fraction of sp³-hybridized carbons (Fsp3) is 0.453. The normalized spacial score (nSPS) is 22.9. The average Bonchev–Trinajstić information content (AvgIpc) is 1.73. The number of methoxy groups -OCH3 is 2. The van der Waals surface area contributed by atoms with E-state index in [4.69, 9.17) is 39.4 Å². The molecule has 0 bridgehead atoms. The third kappa shape index (κ3) is 17.9. The number of carboxylic acids is 3. The van der Waals surface area contributed by atoms with Gasteiger partial charge in [-0.15, -0.1) is 0 Å². The van der Waals surface area contributed by atoms with Gasteiger partial charge in [-0.25, -0.2) is 13.8 Å². The molecule has 22 nitrogen and oxygen atoms in total. The molecule has 0 aliphatic carbocycles. The molecule has 0 spiro atoms. The number of phenolic OH excluding ortho intramolecular Hbond substituents is 1.